The second-order valence-electron chi connectivity index (χ2n) is 6.67. The topological polar surface area (TPSA) is 71.4 Å². The predicted octanol–water partition coefficient (Wildman–Crippen LogP) is 2.79. The third-order valence-corrected chi connectivity index (χ3v) is 4.05. The van der Waals surface area contributed by atoms with Crippen LogP contribution in [-0.2, 0) is 11.2 Å². The molecule has 24 heavy (non-hydrogen) atoms. The van der Waals surface area contributed by atoms with Crippen molar-refractivity contribution >= 4 is 0 Å². The standard InChI is InChI=1S/C18H28N2O4/c1-14(2)20(19-22)11-17(21)13-24-18-7-5-15(6-8-18)9-10-23-12-16-3-4-16/h5-8,14,16-17,21H,3-4,9-13H2,1-2H3. The van der Waals surface area contributed by atoms with Crippen LogP contribution in [0.1, 0.15) is 32.3 Å². The first kappa shape index (κ1) is 18.7. The number of aliphatic hydroxyl groups is 1. The van der Waals surface area contributed by atoms with Crippen molar-refractivity contribution in [1.82, 2.24) is 5.01 Å². The average Bonchev–Trinajstić information content (AvgIpc) is 3.39. The minimum atomic E-state index is -0.763. The third kappa shape index (κ3) is 6.84. The first-order valence-electron chi connectivity index (χ1n) is 8.66. The van der Waals surface area contributed by atoms with Crippen LogP contribution in [0, 0.1) is 10.8 Å². The van der Waals surface area contributed by atoms with E-state index in [4.69, 9.17) is 9.47 Å². The van der Waals surface area contributed by atoms with Gasteiger partial charge in [-0.2, -0.15) is 0 Å². The Morgan fingerprint density at radius 3 is 2.58 bits per heavy atom. The molecule has 1 aromatic rings. The van der Waals surface area contributed by atoms with E-state index < -0.39 is 6.10 Å². The molecule has 1 fully saturated rings. The van der Waals surface area contributed by atoms with Crippen LogP contribution in [0.3, 0.4) is 0 Å². The van der Waals surface area contributed by atoms with Gasteiger partial charge in [0.2, 0.25) is 0 Å². The molecule has 0 bridgehead atoms. The fraction of sp³-hybridized carbons (Fsp3) is 0.667. The van der Waals surface area contributed by atoms with E-state index in [2.05, 4.69) is 5.29 Å². The Morgan fingerprint density at radius 1 is 1.29 bits per heavy atom. The summed E-state index contributed by atoms with van der Waals surface area (Å²) in [7, 11) is 0. The molecule has 1 aliphatic carbocycles. The molecule has 0 spiro atoms. The summed E-state index contributed by atoms with van der Waals surface area (Å²) in [5, 5.41) is 14.1. The van der Waals surface area contributed by atoms with Gasteiger partial charge < -0.3 is 14.6 Å². The summed E-state index contributed by atoms with van der Waals surface area (Å²) < 4.78 is 11.2. The van der Waals surface area contributed by atoms with Crippen molar-refractivity contribution in [2.45, 2.75) is 45.3 Å². The largest absolute Gasteiger partial charge is 0.491 e. The predicted molar refractivity (Wildman–Crippen MR) is 92.8 cm³/mol. The Hall–Kier alpha value is -1.66. The fourth-order valence-electron chi connectivity index (χ4n) is 2.28. The highest BCUT2D eigenvalue weighted by molar-refractivity contribution is 5.27. The first-order chi connectivity index (χ1) is 11.6. The molecular formula is C18H28N2O4. The van der Waals surface area contributed by atoms with E-state index in [-0.39, 0.29) is 19.2 Å². The van der Waals surface area contributed by atoms with Gasteiger partial charge in [0.25, 0.3) is 0 Å². The molecule has 1 saturated carbocycles. The van der Waals surface area contributed by atoms with Gasteiger partial charge in [0, 0.05) is 12.6 Å². The molecule has 1 N–H and O–H groups in total. The van der Waals surface area contributed by atoms with E-state index >= 15 is 0 Å². The second kappa shape index (κ2) is 9.59. The number of hydrogen-bond acceptors (Lipinski definition) is 5. The zero-order valence-corrected chi connectivity index (χ0v) is 14.6. The minimum Gasteiger partial charge on any atom is -0.491 e. The Balaban J connectivity index is 1.65. The summed E-state index contributed by atoms with van der Waals surface area (Å²) in [4.78, 5) is 10.7. The summed E-state index contributed by atoms with van der Waals surface area (Å²) in [6, 6.07) is 7.76. The van der Waals surface area contributed by atoms with Crippen molar-refractivity contribution < 1.29 is 14.6 Å². The Morgan fingerprint density at radius 2 is 2.00 bits per heavy atom. The third-order valence-electron chi connectivity index (χ3n) is 4.05. The van der Waals surface area contributed by atoms with Crippen LogP contribution in [0.5, 0.6) is 5.75 Å². The SMILES string of the molecule is CC(C)N(CC(O)COc1ccc(CCOCC2CC2)cc1)N=O. The van der Waals surface area contributed by atoms with Gasteiger partial charge in [0.15, 0.2) is 0 Å². The summed E-state index contributed by atoms with van der Waals surface area (Å²) >= 11 is 0. The number of rotatable bonds is 12. The highest BCUT2D eigenvalue weighted by Crippen LogP contribution is 2.28. The number of aliphatic hydroxyl groups excluding tert-OH is 1. The Labute approximate surface area is 143 Å². The van der Waals surface area contributed by atoms with E-state index in [9.17, 15) is 10.0 Å². The Kier molecular flexibility index (Phi) is 7.46. The van der Waals surface area contributed by atoms with Crippen molar-refractivity contribution in [1.29, 1.82) is 0 Å². The van der Waals surface area contributed by atoms with Crippen molar-refractivity contribution in [2.24, 2.45) is 11.2 Å². The number of hydrogen-bond donors (Lipinski definition) is 1. The number of benzene rings is 1. The maximum Gasteiger partial charge on any atom is 0.119 e. The summed E-state index contributed by atoms with van der Waals surface area (Å²) in [6.07, 6.45) is 2.76. The molecule has 6 nitrogen and oxygen atoms in total. The first-order valence-corrected chi connectivity index (χ1v) is 8.66. The number of ether oxygens (including phenoxy) is 2. The van der Waals surface area contributed by atoms with Gasteiger partial charge in [-0.25, -0.2) is 0 Å². The lowest BCUT2D eigenvalue weighted by Crippen LogP contribution is -2.36. The Bertz CT molecular complexity index is 488. The molecule has 1 aromatic carbocycles. The van der Waals surface area contributed by atoms with Crippen LogP contribution in [0.15, 0.2) is 29.6 Å². The summed E-state index contributed by atoms with van der Waals surface area (Å²) in [6.45, 7) is 5.63. The summed E-state index contributed by atoms with van der Waals surface area (Å²) in [5.74, 6) is 1.50. The van der Waals surface area contributed by atoms with Crippen molar-refractivity contribution in [3.8, 4) is 5.75 Å². The van der Waals surface area contributed by atoms with E-state index in [1.807, 2.05) is 38.1 Å². The molecule has 1 aliphatic rings. The van der Waals surface area contributed by atoms with E-state index in [0.717, 1.165) is 25.6 Å². The van der Waals surface area contributed by atoms with Crippen LogP contribution in [0.2, 0.25) is 0 Å². The summed E-state index contributed by atoms with van der Waals surface area (Å²) in [5.41, 5.74) is 1.20. The van der Waals surface area contributed by atoms with Crippen LogP contribution in [0.25, 0.3) is 0 Å². The monoisotopic (exact) mass is 336 g/mol. The molecule has 6 heteroatoms. The fourth-order valence-corrected chi connectivity index (χ4v) is 2.28. The maximum absolute atomic E-state index is 10.7. The molecule has 1 atom stereocenters. The zero-order chi connectivity index (χ0) is 17.4. The highest BCUT2D eigenvalue weighted by atomic mass is 16.5. The normalized spacial score (nSPS) is 15.3. The smallest absolute Gasteiger partial charge is 0.119 e. The molecule has 2 rings (SSSR count). The zero-order valence-electron chi connectivity index (χ0n) is 14.6. The number of nitroso groups, excluding NO2 is 1. The molecule has 1 unspecified atom stereocenters. The maximum atomic E-state index is 10.7. The van der Waals surface area contributed by atoms with Crippen molar-refractivity contribution in [3.05, 3.63) is 34.7 Å². The minimum absolute atomic E-state index is 0.0430. The van der Waals surface area contributed by atoms with E-state index in [1.165, 1.54) is 23.4 Å². The lowest BCUT2D eigenvalue weighted by atomic mass is 10.1. The van der Waals surface area contributed by atoms with Gasteiger partial charge in [-0.1, -0.05) is 12.1 Å². The molecular weight excluding hydrogens is 308 g/mol. The molecule has 0 saturated heterocycles. The van der Waals surface area contributed by atoms with Crippen molar-refractivity contribution in [3.63, 3.8) is 0 Å². The number of nitrogens with zero attached hydrogens (tertiary/aromatic N) is 2. The van der Waals surface area contributed by atoms with Gasteiger partial charge in [-0.05, 0) is 56.7 Å². The van der Waals surface area contributed by atoms with Gasteiger partial charge in [0.1, 0.15) is 18.5 Å². The van der Waals surface area contributed by atoms with Crippen LogP contribution in [0.4, 0.5) is 0 Å². The van der Waals surface area contributed by atoms with Crippen LogP contribution in [-0.4, -0.2) is 48.6 Å². The van der Waals surface area contributed by atoms with Gasteiger partial charge >= 0.3 is 0 Å². The average molecular weight is 336 g/mol. The molecule has 0 aliphatic heterocycles. The van der Waals surface area contributed by atoms with Gasteiger partial charge in [-0.3, -0.25) is 5.01 Å². The van der Waals surface area contributed by atoms with Gasteiger partial charge in [-0.15, -0.1) is 4.91 Å². The lowest BCUT2D eigenvalue weighted by Gasteiger charge is -2.22. The van der Waals surface area contributed by atoms with Crippen molar-refractivity contribution in [2.75, 3.05) is 26.4 Å². The molecule has 0 radical (unpaired) electrons. The van der Waals surface area contributed by atoms with Gasteiger partial charge in [0.05, 0.1) is 18.4 Å². The molecule has 0 heterocycles. The van der Waals surface area contributed by atoms with E-state index in [0.29, 0.717) is 5.75 Å². The lowest BCUT2D eigenvalue weighted by molar-refractivity contribution is 0.0579. The van der Waals surface area contributed by atoms with Crippen LogP contribution >= 0.6 is 0 Å². The molecule has 0 amide bonds. The second-order valence-corrected chi connectivity index (χ2v) is 6.67. The molecule has 0 aromatic heterocycles. The quantitative estimate of drug-likeness (QED) is 0.361. The molecule has 134 valence electrons. The van der Waals surface area contributed by atoms with Crippen LogP contribution < -0.4 is 4.74 Å². The van der Waals surface area contributed by atoms with E-state index in [1.54, 1.807) is 0 Å². The highest BCUT2D eigenvalue weighted by Gasteiger charge is 2.20.